The second-order valence-electron chi connectivity index (χ2n) is 7.82. The fourth-order valence-corrected chi connectivity index (χ4v) is 3.23. The van der Waals surface area contributed by atoms with Crippen molar-refractivity contribution < 1.29 is 23.9 Å². The number of methoxy groups -OCH3 is 1. The molecule has 0 bridgehead atoms. The number of imide groups is 1. The van der Waals surface area contributed by atoms with Crippen LogP contribution in [0.1, 0.15) is 29.8 Å². The Hall–Kier alpha value is -4.07. The van der Waals surface area contributed by atoms with E-state index in [1.54, 1.807) is 38.1 Å². The Morgan fingerprint density at radius 3 is 2.30 bits per heavy atom. The molecule has 0 aliphatic carbocycles. The highest BCUT2D eigenvalue weighted by Gasteiger charge is 2.18. The van der Waals surface area contributed by atoms with Crippen molar-refractivity contribution in [3.63, 3.8) is 0 Å². The first-order valence-electron chi connectivity index (χ1n) is 10.5. The lowest BCUT2D eigenvalue weighted by atomic mass is 10.0. The van der Waals surface area contributed by atoms with Crippen LogP contribution in [0.4, 0.5) is 10.5 Å². The van der Waals surface area contributed by atoms with Gasteiger partial charge in [-0.05, 0) is 61.4 Å². The molecule has 0 radical (unpaired) electrons. The monoisotopic (exact) mass is 449 g/mol. The van der Waals surface area contributed by atoms with Gasteiger partial charge in [-0.3, -0.25) is 14.9 Å². The van der Waals surface area contributed by atoms with Crippen molar-refractivity contribution in [3.8, 4) is 11.5 Å². The lowest BCUT2D eigenvalue weighted by Gasteiger charge is -2.15. The molecule has 0 aliphatic heterocycles. The largest absolute Gasteiger partial charge is 0.495 e. The van der Waals surface area contributed by atoms with E-state index < -0.39 is 24.5 Å². The normalized spacial score (nSPS) is 10.6. The molecule has 3 N–H and O–H groups in total. The molecule has 0 saturated carbocycles. The van der Waals surface area contributed by atoms with E-state index in [-0.39, 0.29) is 17.4 Å². The van der Waals surface area contributed by atoms with Crippen LogP contribution in [0, 0.1) is 6.92 Å². The smallest absolute Gasteiger partial charge is 0.321 e. The first-order chi connectivity index (χ1) is 15.8. The highest BCUT2D eigenvalue weighted by atomic mass is 16.5. The summed E-state index contributed by atoms with van der Waals surface area (Å²) in [7, 11) is 1.53. The summed E-state index contributed by atoms with van der Waals surface area (Å²) in [6.07, 6.45) is 0. The summed E-state index contributed by atoms with van der Waals surface area (Å²) in [4.78, 5) is 37.1. The lowest BCUT2D eigenvalue weighted by Crippen LogP contribution is -2.44. The summed E-state index contributed by atoms with van der Waals surface area (Å²) in [5.41, 5.74) is 1.72. The van der Waals surface area contributed by atoms with Crippen molar-refractivity contribution in [2.24, 2.45) is 0 Å². The molecule has 172 valence electrons. The van der Waals surface area contributed by atoms with Crippen molar-refractivity contribution in [2.45, 2.75) is 26.8 Å². The summed E-state index contributed by atoms with van der Waals surface area (Å²) in [5, 5.41) is 9.30. The van der Waals surface area contributed by atoms with Gasteiger partial charge in [-0.15, -0.1) is 0 Å². The second-order valence-corrected chi connectivity index (χ2v) is 7.82. The molecule has 33 heavy (non-hydrogen) atoms. The highest BCUT2D eigenvalue weighted by molar-refractivity contribution is 6.09. The van der Waals surface area contributed by atoms with Crippen molar-refractivity contribution in [1.82, 2.24) is 10.6 Å². The SMILES string of the molecule is COc1ccc(C)cc1NC(=O)c1cc2ccccc2cc1OCC(=O)NC(=O)NC(C)C. The van der Waals surface area contributed by atoms with E-state index in [4.69, 9.17) is 9.47 Å². The Labute approximate surface area is 192 Å². The Morgan fingerprint density at radius 1 is 0.939 bits per heavy atom. The van der Waals surface area contributed by atoms with E-state index in [1.165, 1.54) is 7.11 Å². The first kappa shape index (κ1) is 23.6. The van der Waals surface area contributed by atoms with Gasteiger partial charge in [0, 0.05) is 6.04 Å². The topological polar surface area (TPSA) is 106 Å². The molecule has 0 spiro atoms. The Morgan fingerprint density at radius 2 is 1.64 bits per heavy atom. The molecule has 8 heteroatoms. The van der Waals surface area contributed by atoms with Crippen LogP contribution in [0.3, 0.4) is 0 Å². The minimum Gasteiger partial charge on any atom is -0.495 e. The molecule has 0 aromatic heterocycles. The maximum atomic E-state index is 13.2. The van der Waals surface area contributed by atoms with Crippen LogP contribution in [-0.2, 0) is 4.79 Å². The average molecular weight is 450 g/mol. The maximum absolute atomic E-state index is 13.2. The van der Waals surface area contributed by atoms with E-state index >= 15 is 0 Å². The predicted octanol–water partition coefficient (Wildman–Crippen LogP) is 4.02. The van der Waals surface area contributed by atoms with Crippen LogP contribution < -0.4 is 25.4 Å². The number of nitrogens with one attached hydrogen (secondary N) is 3. The van der Waals surface area contributed by atoms with Crippen molar-refractivity contribution >= 4 is 34.3 Å². The fourth-order valence-electron chi connectivity index (χ4n) is 3.23. The van der Waals surface area contributed by atoms with Crippen LogP contribution in [0.15, 0.2) is 54.6 Å². The zero-order valence-corrected chi connectivity index (χ0v) is 19.0. The number of carbonyl (C=O) groups is 3. The summed E-state index contributed by atoms with van der Waals surface area (Å²) >= 11 is 0. The number of hydrogen-bond acceptors (Lipinski definition) is 5. The third kappa shape index (κ3) is 6.22. The number of carbonyl (C=O) groups excluding carboxylic acids is 3. The number of fused-ring (bicyclic) bond motifs is 1. The van der Waals surface area contributed by atoms with Crippen LogP contribution in [0.2, 0.25) is 0 Å². The van der Waals surface area contributed by atoms with Crippen LogP contribution in [0.5, 0.6) is 11.5 Å². The Balaban J connectivity index is 1.85. The van der Waals surface area contributed by atoms with Crippen molar-refractivity contribution in [2.75, 3.05) is 19.0 Å². The molecule has 0 fully saturated rings. The predicted molar refractivity (Wildman–Crippen MR) is 127 cm³/mol. The third-order valence-corrected chi connectivity index (χ3v) is 4.73. The fraction of sp³-hybridized carbons (Fsp3) is 0.240. The molecule has 4 amide bonds. The molecule has 3 aromatic rings. The molecule has 0 saturated heterocycles. The van der Waals surface area contributed by atoms with Gasteiger partial charge in [-0.2, -0.15) is 0 Å². The van der Waals surface area contributed by atoms with E-state index in [1.807, 2.05) is 37.3 Å². The summed E-state index contributed by atoms with van der Waals surface area (Å²) in [5.74, 6) is -0.310. The average Bonchev–Trinajstić information content (AvgIpc) is 2.76. The van der Waals surface area contributed by atoms with E-state index in [2.05, 4.69) is 16.0 Å². The Kier molecular flexibility index (Phi) is 7.50. The molecule has 3 rings (SSSR count). The summed E-state index contributed by atoms with van der Waals surface area (Å²) in [6.45, 7) is 5.04. The first-order valence-corrected chi connectivity index (χ1v) is 10.5. The third-order valence-electron chi connectivity index (χ3n) is 4.73. The van der Waals surface area contributed by atoms with Gasteiger partial charge < -0.3 is 20.1 Å². The summed E-state index contributed by atoms with van der Waals surface area (Å²) < 4.78 is 11.0. The number of rotatable bonds is 7. The molecule has 0 heterocycles. The van der Waals surface area contributed by atoms with Crippen molar-refractivity contribution in [3.05, 3.63) is 65.7 Å². The number of benzene rings is 3. The van der Waals surface area contributed by atoms with Gasteiger partial charge in [0.05, 0.1) is 18.4 Å². The van der Waals surface area contributed by atoms with Gasteiger partial charge in [0.15, 0.2) is 6.61 Å². The van der Waals surface area contributed by atoms with Gasteiger partial charge >= 0.3 is 6.03 Å². The van der Waals surface area contributed by atoms with E-state index in [0.717, 1.165) is 16.3 Å². The van der Waals surface area contributed by atoms with Gasteiger partial charge in [0.1, 0.15) is 11.5 Å². The number of anilines is 1. The number of amides is 4. The molecular formula is C25H27N3O5. The van der Waals surface area contributed by atoms with Crippen molar-refractivity contribution in [1.29, 1.82) is 0 Å². The number of hydrogen-bond donors (Lipinski definition) is 3. The number of aryl methyl sites for hydroxylation is 1. The minimum absolute atomic E-state index is 0.117. The van der Waals surface area contributed by atoms with Crippen LogP contribution in [-0.4, -0.2) is 37.6 Å². The molecule has 3 aromatic carbocycles. The van der Waals surface area contributed by atoms with Crippen LogP contribution in [0.25, 0.3) is 10.8 Å². The second kappa shape index (κ2) is 10.5. The van der Waals surface area contributed by atoms with Crippen LogP contribution >= 0.6 is 0 Å². The zero-order chi connectivity index (χ0) is 24.0. The number of ether oxygens (including phenoxy) is 2. The molecule has 8 nitrogen and oxygen atoms in total. The quantitative estimate of drug-likeness (QED) is 0.505. The lowest BCUT2D eigenvalue weighted by molar-refractivity contribution is -0.122. The van der Waals surface area contributed by atoms with Gasteiger partial charge in [-0.25, -0.2) is 4.79 Å². The minimum atomic E-state index is -0.631. The Bertz CT molecular complexity index is 1190. The summed E-state index contributed by atoms with van der Waals surface area (Å²) in [6, 6.07) is 15.6. The van der Waals surface area contributed by atoms with E-state index in [0.29, 0.717) is 11.4 Å². The molecular weight excluding hydrogens is 422 g/mol. The molecule has 0 atom stereocenters. The number of urea groups is 1. The molecule has 0 aliphatic rings. The van der Waals surface area contributed by atoms with E-state index in [9.17, 15) is 14.4 Å². The van der Waals surface area contributed by atoms with Gasteiger partial charge in [0.25, 0.3) is 11.8 Å². The van der Waals surface area contributed by atoms with Gasteiger partial charge in [-0.1, -0.05) is 30.3 Å². The molecule has 0 unspecified atom stereocenters. The zero-order valence-electron chi connectivity index (χ0n) is 19.0. The maximum Gasteiger partial charge on any atom is 0.321 e. The standard InChI is InChI=1S/C25H27N3O5/c1-15(2)26-25(31)28-23(29)14-33-22-13-18-8-6-5-7-17(18)12-19(22)24(30)27-20-11-16(3)9-10-21(20)32-4/h5-13,15H,14H2,1-4H3,(H,27,30)(H2,26,28,29,31). The highest BCUT2D eigenvalue weighted by Crippen LogP contribution is 2.30. The van der Waals surface area contributed by atoms with Gasteiger partial charge in [0.2, 0.25) is 0 Å².